The second-order valence-electron chi connectivity index (χ2n) is 3.05. The second kappa shape index (κ2) is 11.8. The van der Waals surface area contributed by atoms with Crippen LogP contribution in [-0.2, 0) is 0 Å². The molecule has 0 atom stereocenters. The van der Waals surface area contributed by atoms with Gasteiger partial charge in [0.2, 0.25) is 0 Å². The first-order valence-corrected chi connectivity index (χ1v) is 6.10. The lowest BCUT2D eigenvalue weighted by Gasteiger charge is -1.99. The summed E-state index contributed by atoms with van der Waals surface area (Å²) in [5, 5.41) is 0. The van der Waals surface area contributed by atoms with Crippen molar-refractivity contribution >= 4 is 12.2 Å². The van der Waals surface area contributed by atoms with Crippen molar-refractivity contribution in [3.63, 3.8) is 0 Å². The van der Waals surface area contributed by atoms with Crippen molar-refractivity contribution < 1.29 is 0 Å². The standard InChI is InChI=1S/C12H14.2C2H6/c1-4-11-7-5-6-8-12(11)9-10(2)3;2*1-2/h4-9H,1H2,2-3H3;2*1-2H3. The number of benzene rings is 1. The summed E-state index contributed by atoms with van der Waals surface area (Å²) in [7, 11) is 0. The van der Waals surface area contributed by atoms with Gasteiger partial charge < -0.3 is 0 Å². The highest BCUT2D eigenvalue weighted by molar-refractivity contribution is 5.65. The van der Waals surface area contributed by atoms with Crippen molar-refractivity contribution in [3.8, 4) is 0 Å². The summed E-state index contributed by atoms with van der Waals surface area (Å²) in [5.74, 6) is 0. The SMILES string of the molecule is C=Cc1ccccc1C=C(C)C.CC.CC. The van der Waals surface area contributed by atoms with Crippen molar-refractivity contribution in [1.82, 2.24) is 0 Å². The van der Waals surface area contributed by atoms with E-state index in [-0.39, 0.29) is 0 Å². The number of rotatable bonds is 2. The van der Waals surface area contributed by atoms with E-state index in [1.54, 1.807) is 0 Å². The summed E-state index contributed by atoms with van der Waals surface area (Å²) in [6, 6.07) is 8.24. The molecule has 1 aromatic rings. The Morgan fingerprint density at radius 1 is 0.938 bits per heavy atom. The quantitative estimate of drug-likeness (QED) is 0.588. The summed E-state index contributed by atoms with van der Waals surface area (Å²) < 4.78 is 0. The third-order valence-electron chi connectivity index (χ3n) is 1.66. The molecule has 0 amide bonds. The first-order valence-electron chi connectivity index (χ1n) is 6.10. The Bertz CT molecular complexity index is 302. The zero-order valence-electron chi connectivity index (χ0n) is 11.7. The molecule has 0 N–H and O–H groups in total. The van der Waals surface area contributed by atoms with Crippen molar-refractivity contribution in [2.75, 3.05) is 0 Å². The molecule has 0 saturated carbocycles. The Morgan fingerprint density at radius 2 is 1.38 bits per heavy atom. The van der Waals surface area contributed by atoms with E-state index < -0.39 is 0 Å². The van der Waals surface area contributed by atoms with Gasteiger partial charge >= 0.3 is 0 Å². The predicted molar refractivity (Wildman–Crippen MR) is 78.6 cm³/mol. The van der Waals surface area contributed by atoms with E-state index in [9.17, 15) is 0 Å². The fourth-order valence-electron chi connectivity index (χ4n) is 1.14. The molecule has 0 bridgehead atoms. The molecule has 0 aromatic heterocycles. The first kappa shape index (κ1) is 17.1. The predicted octanol–water partition coefficient (Wildman–Crippen LogP) is 5.81. The molecule has 1 rings (SSSR count). The molecule has 0 radical (unpaired) electrons. The average Bonchev–Trinajstić information content (AvgIpc) is 2.34. The molecule has 90 valence electrons. The third-order valence-corrected chi connectivity index (χ3v) is 1.66. The highest BCUT2D eigenvalue weighted by Crippen LogP contribution is 2.13. The van der Waals surface area contributed by atoms with Crippen LogP contribution in [0.4, 0.5) is 0 Å². The minimum atomic E-state index is 1.19. The minimum absolute atomic E-state index is 1.19. The van der Waals surface area contributed by atoms with Gasteiger partial charge in [0.05, 0.1) is 0 Å². The molecule has 0 aliphatic carbocycles. The van der Waals surface area contributed by atoms with Crippen LogP contribution in [0.25, 0.3) is 12.2 Å². The minimum Gasteiger partial charge on any atom is -0.0984 e. The zero-order valence-corrected chi connectivity index (χ0v) is 11.7. The fraction of sp³-hybridized carbons (Fsp3) is 0.375. The molecule has 0 unspecified atom stereocenters. The van der Waals surface area contributed by atoms with Crippen LogP contribution < -0.4 is 0 Å². The number of hydrogen-bond acceptors (Lipinski definition) is 0. The highest BCUT2D eigenvalue weighted by atomic mass is 14.0. The molecule has 0 aliphatic heterocycles. The van der Waals surface area contributed by atoms with Gasteiger partial charge in [0.25, 0.3) is 0 Å². The maximum Gasteiger partial charge on any atom is -0.0185 e. The van der Waals surface area contributed by atoms with Gasteiger partial charge in [0, 0.05) is 0 Å². The van der Waals surface area contributed by atoms with Crippen molar-refractivity contribution in [1.29, 1.82) is 0 Å². The monoisotopic (exact) mass is 218 g/mol. The van der Waals surface area contributed by atoms with E-state index in [1.807, 2.05) is 45.9 Å². The van der Waals surface area contributed by atoms with Gasteiger partial charge in [-0.25, -0.2) is 0 Å². The highest BCUT2D eigenvalue weighted by Gasteiger charge is 1.92. The number of hydrogen-bond donors (Lipinski definition) is 0. The van der Waals surface area contributed by atoms with Crippen LogP contribution in [0.3, 0.4) is 0 Å². The summed E-state index contributed by atoms with van der Waals surface area (Å²) in [4.78, 5) is 0. The van der Waals surface area contributed by atoms with E-state index in [1.165, 1.54) is 16.7 Å². The van der Waals surface area contributed by atoms with E-state index >= 15 is 0 Å². The van der Waals surface area contributed by atoms with E-state index in [4.69, 9.17) is 0 Å². The molecule has 0 aliphatic rings. The van der Waals surface area contributed by atoms with Gasteiger partial charge in [-0.15, -0.1) is 0 Å². The Balaban J connectivity index is 0. The average molecular weight is 218 g/mol. The molecule has 0 heterocycles. The summed E-state index contributed by atoms with van der Waals surface area (Å²) >= 11 is 0. The normalized spacial score (nSPS) is 7.62. The van der Waals surface area contributed by atoms with Crippen LogP contribution in [-0.4, -0.2) is 0 Å². The van der Waals surface area contributed by atoms with Gasteiger partial charge in [0.15, 0.2) is 0 Å². The molecule has 0 saturated heterocycles. The van der Waals surface area contributed by atoms with Crippen LogP contribution in [0.1, 0.15) is 52.7 Å². The first-order chi connectivity index (χ1) is 7.74. The second-order valence-corrected chi connectivity index (χ2v) is 3.05. The zero-order chi connectivity index (χ0) is 13.0. The Morgan fingerprint density at radius 3 is 1.75 bits per heavy atom. The lowest BCUT2D eigenvalue weighted by molar-refractivity contribution is 1.42. The molecule has 16 heavy (non-hydrogen) atoms. The molecule has 0 nitrogen and oxygen atoms in total. The van der Waals surface area contributed by atoms with Crippen molar-refractivity contribution in [3.05, 3.63) is 47.5 Å². The van der Waals surface area contributed by atoms with Gasteiger partial charge in [-0.2, -0.15) is 0 Å². The van der Waals surface area contributed by atoms with Crippen molar-refractivity contribution in [2.45, 2.75) is 41.5 Å². The molecule has 0 fully saturated rings. The lowest BCUT2D eigenvalue weighted by atomic mass is 10.1. The maximum atomic E-state index is 3.77. The van der Waals surface area contributed by atoms with Gasteiger partial charge in [-0.1, -0.05) is 76.3 Å². The Labute approximate surface area is 102 Å². The Hall–Kier alpha value is -1.30. The van der Waals surface area contributed by atoms with E-state index in [0.29, 0.717) is 0 Å². The number of allylic oxidation sites excluding steroid dienone is 1. The maximum absolute atomic E-state index is 3.77. The summed E-state index contributed by atoms with van der Waals surface area (Å²) in [6.07, 6.45) is 4.05. The van der Waals surface area contributed by atoms with Crippen LogP contribution in [0.15, 0.2) is 36.4 Å². The lowest BCUT2D eigenvalue weighted by Crippen LogP contribution is -1.79. The largest absolute Gasteiger partial charge is 0.0984 e. The smallest absolute Gasteiger partial charge is 0.0185 e. The van der Waals surface area contributed by atoms with Crippen LogP contribution >= 0.6 is 0 Å². The fourth-order valence-corrected chi connectivity index (χ4v) is 1.14. The molecule has 0 heteroatoms. The van der Waals surface area contributed by atoms with Crippen LogP contribution in [0.5, 0.6) is 0 Å². The van der Waals surface area contributed by atoms with E-state index in [2.05, 4.69) is 38.6 Å². The van der Waals surface area contributed by atoms with Gasteiger partial charge in [-0.05, 0) is 25.0 Å². The molecular formula is C16H26. The Kier molecular flexibility index (Phi) is 12.6. The molecule has 0 spiro atoms. The summed E-state index contributed by atoms with van der Waals surface area (Å²) in [6.45, 7) is 16.0. The van der Waals surface area contributed by atoms with Crippen LogP contribution in [0, 0.1) is 0 Å². The molecule has 1 aromatic carbocycles. The van der Waals surface area contributed by atoms with Gasteiger partial charge in [-0.3, -0.25) is 0 Å². The van der Waals surface area contributed by atoms with E-state index in [0.717, 1.165) is 0 Å². The third kappa shape index (κ3) is 7.05. The van der Waals surface area contributed by atoms with Crippen molar-refractivity contribution in [2.24, 2.45) is 0 Å². The van der Waals surface area contributed by atoms with Crippen LogP contribution in [0.2, 0.25) is 0 Å². The summed E-state index contributed by atoms with van der Waals surface area (Å²) in [5.41, 5.74) is 3.75. The molecular weight excluding hydrogens is 192 g/mol. The van der Waals surface area contributed by atoms with Gasteiger partial charge in [0.1, 0.15) is 0 Å². The topological polar surface area (TPSA) is 0 Å².